The van der Waals surface area contributed by atoms with Crippen molar-refractivity contribution in [2.75, 3.05) is 19.6 Å². The van der Waals surface area contributed by atoms with E-state index in [1.165, 1.54) is 0 Å². The Balaban J connectivity index is 3.29. The number of aliphatic hydroxyl groups excluding tert-OH is 1. The van der Waals surface area contributed by atoms with Gasteiger partial charge >= 0.3 is 0 Å². The Kier molecular flexibility index (Phi) is 6.07. The molecular weight excluding hydrogens is 156 g/mol. The van der Waals surface area contributed by atoms with Gasteiger partial charge in [0, 0.05) is 6.54 Å². The third-order valence-electron chi connectivity index (χ3n) is 1.11. The van der Waals surface area contributed by atoms with Gasteiger partial charge in [-0.3, -0.25) is 10.1 Å². The van der Waals surface area contributed by atoms with E-state index in [9.17, 15) is 4.79 Å². The van der Waals surface area contributed by atoms with Gasteiger partial charge in [-0.25, -0.2) is 0 Å². The zero-order valence-electron chi connectivity index (χ0n) is 7.13. The van der Waals surface area contributed by atoms with Crippen LogP contribution in [0, 0.1) is 12.3 Å². The fourth-order valence-electron chi connectivity index (χ4n) is 0.572. The van der Waals surface area contributed by atoms with Crippen LogP contribution < -0.4 is 10.6 Å². The smallest absolute Gasteiger partial charge is 0.234 e. The predicted molar refractivity (Wildman–Crippen MR) is 46.4 cm³/mol. The zero-order chi connectivity index (χ0) is 9.40. The molecule has 0 aliphatic rings. The normalized spacial score (nSPS) is 11.8. The van der Waals surface area contributed by atoms with Crippen LogP contribution in [-0.4, -0.2) is 36.8 Å². The van der Waals surface area contributed by atoms with Crippen molar-refractivity contribution in [1.82, 2.24) is 10.6 Å². The highest BCUT2D eigenvalue weighted by Crippen LogP contribution is 1.74. The lowest BCUT2D eigenvalue weighted by Gasteiger charge is -2.06. The van der Waals surface area contributed by atoms with Crippen LogP contribution in [0.2, 0.25) is 0 Å². The molecule has 0 unspecified atom stereocenters. The standard InChI is InChI=1S/C8H14N2O2/c1-3-4-9-6-8(12)10-5-7(2)11/h1,7,9,11H,4-6H2,2H3,(H,10,12)/t7-/m0/s1. The topological polar surface area (TPSA) is 61.4 Å². The summed E-state index contributed by atoms with van der Waals surface area (Å²) in [5.41, 5.74) is 0. The lowest BCUT2D eigenvalue weighted by Crippen LogP contribution is -2.37. The first-order valence-electron chi connectivity index (χ1n) is 3.75. The summed E-state index contributed by atoms with van der Waals surface area (Å²) in [7, 11) is 0. The van der Waals surface area contributed by atoms with Gasteiger partial charge in [0.1, 0.15) is 0 Å². The molecule has 0 aromatic heterocycles. The van der Waals surface area contributed by atoms with Crippen molar-refractivity contribution in [1.29, 1.82) is 0 Å². The quantitative estimate of drug-likeness (QED) is 0.355. The second-order valence-electron chi connectivity index (χ2n) is 2.46. The molecule has 0 fully saturated rings. The molecule has 1 atom stereocenters. The minimum absolute atomic E-state index is 0.161. The first-order chi connectivity index (χ1) is 5.66. The summed E-state index contributed by atoms with van der Waals surface area (Å²) in [6.45, 7) is 2.45. The Morgan fingerprint density at radius 2 is 2.42 bits per heavy atom. The number of hydrogen-bond donors (Lipinski definition) is 3. The van der Waals surface area contributed by atoms with Gasteiger partial charge in [0.25, 0.3) is 0 Å². The molecule has 4 nitrogen and oxygen atoms in total. The van der Waals surface area contributed by atoms with Crippen molar-refractivity contribution >= 4 is 5.91 Å². The van der Waals surface area contributed by atoms with Crippen LogP contribution in [-0.2, 0) is 4.79 Å². The van der Waals surface area contributed by atoms with Crippen molar-refractivity contribution in [2.45, 2.75) is 13.0 Å². The van der Waals surface area contributed by atoms with Crippen LogP contribution in [0.15, 0.2) is 0 Å². The SMILES string of the molecule is C#CCNCC(=O)NC[C@H](C)O. The highest BCUT2D eigenvalue weighted by molar-refractivity contribution is 5.77. The minimum atomic E-state index is -0.512. The summed E-state index contributed by atoms with van der Waals surface area (Å²) in [6.07, 6.45) is 4.44. The second kappa shape index (κ2) is 6.65. The average Bonchev–Trinajstić information content (AvgIpc) is 2.01. The zero-order valence-corrected chi connectivity index (χ0v) is 7.13. The summed E-state index contributed by atoms with van der Waals surface area (Å²) in [4.78, 5) is 10.9. The highest BCUT2D eigenvalue weighted by atomic mass is 16.3. The van der Waals surface area contributed by atoms with Gasteiger partial charge in [0.2, 0.25) is 5.91 Å². The Morgan fingerprint density at radius 3 is 2.92 bits per heavy atom. The molecule has 0 aromatic rings. The van der Waals surface area contributed by atoms with E-state index in [2.05, 4.69) is 16.6 Å². The molecule has 68 valence electrons. The van der Waals surface area contributed by atoms with E-state index < -0.39 is 6.10 Å². The molecule has 0 heterocycles. The van der Waals surface area contributed by atoms with Crippen LogP contribution >= 0.6 is 0 Å². The number of amides is 1. The molecule has 0 radical (unpaired) electrons. The summed E-state index contributed by atoms with van der Waals surface area (Å²) in [6, 6.07) is 0. The Hall–Kier alpha value is -1.05. The summed E-state index contributed by atoms with van der Waals surface area (Å²) in [5, 5.41) is 14.1. The molecule has 4 heteroatoms. The molecule has 12 heavy (non-hydrogen) atoms. The van der Waals surface area contributed by atoms with E-state index in [0.717, 1.165) is 0 Å². The van der Waals surface area contributed by atoms with Gasteiger partial charge in [-0.05, 0) is 6.92 Å². The second-order valence-corrected chi connectivity index (χ2v) is 2.46. The Morgan fingerprint density at radius 1 is 1.75 bits per heavy atom. The molecule has 3 N–H and O–H groups in total. The molecule has 0 aliphatic heterocycles. The predicted octanol–water partition coefficient (Wildman–Crippen LogP) is -1.29. The minimum Gasteiger partial charge on any atom is -0.392 e. The van der Waals surface area contributed by atoms with Gasteiger partial charge in [-0.2, -0.15) is 0 Å². The van der Waals surface area contributed by atoms with Crippen molar-refractivity contribution in [3.8, 4) is 12.3 Å². The van der Waals surface area contributed by atoms with E-state index in [-0.39, 0.29) is 19.0 Å². The van der Waals surface area contributed by atoms with E-state index in [4.69, 9.17) is 11.5 Å². The highest BCUT2D eigenvalue weighted by Gasteiger charge is 2.00. The maximum Gasteiger partial charge on any atom is 0.234 e. The number of aliphatic hydroxyl groups is 1. The third-order valence-corrected chi connectivity index (χ3v) is 1.11. The first kappa shape index (κ1) is 11.0. The van der Waals surface area contributed by atoms with Gasteiger partial charge in [0.05, 0.1) is 19.2 Å². The maximum atomic E-state index is 10.9. The van der Waals surface area contributed by atoms with Gasteiger partial charge < -0.3 is 10.4 Å². The van der Waals surface area contributed by atoms with Gasteiger partial charge in [0.15, 0.2) is 0 Å². The molecule has 0 saturated carbocycles. The summed E-state index contributed by atoms with van der Waals surface area (Å²) >= 11 is 0. The lowest BCUT2D eigenvalue weighted by molar-refractivity contribution is -0.120. The third kappa shape index (κ3) is 7.06. The van der Waals surface area contributed by atoms with Gasteiger partial charge in [-0.15, -0.1) is 6.42 Å². The van der Waals surface area contributed by atoms with Crippen LogP contribution in [0.3, 0.4) is 0 Å². The fraction of sp³-hybridized carbons (Fsp3) is 0.625. The number of carbonyl (C=O) groups is 1. The maximum absolute atomic E-state index is 10.9. The number of nitrogens with one attached hydrogen (secondary N) is 2. The van der Waals surface area contributed by atoms with Crippen molar-refractivity contribution in [3.05, 3.63) is 0 Å². The summed E-state index contributed by atoms with van der Waals surface area (Å²) in [5.74, 6) is 2.19. The van der Waals surface area contributed by atoms with E-state index in [1.807, 2.05) is 0 Å². The largest absolute Gasteiger partial charge is 0.392 e. The van der Waals surface area contributed by atoms with Crippen LogP contribution in [0.25, 0.3) is 0 Å². The molecular formula is C8H14N2O2. The average molecular weight is 170 g/mol. The Bertz CT molecular complexity index is 172. The lowest BCUT2D eigenvalue weighted by atomic mass is 10.4. The number of carbonyl (C=O) groups excluding carboxylic acids is 1. The molecule has 0 spiro atoms. The molecule has 0 aromatic carbocycles. The van der Waals surface area contributed by atoms with Crippen LogP contribution in [0.5, 0.6) is 0 Å². The summed E-state index contributed by atoms with van der Waals surface area (Å²) < 4.78 is 0. The van der Waals surface area contributed by atoms with Crippen LogP contribution in [0.4, 0.5) is 0 Å². The first-order valence-corrected chi connectivity index (χ1v) is 3.75. The van der Waals surface area contributed by atoms with Crippen molar-refractivity contribution < 1.29 is 9.90 Å². The molecule has 0 bridgehead atoms. The number of rotatable bonds is 5. The monoisotopic (exact) mass is 170 g/mol. The fourth-order valence-corrected chi connectivity index (χ4v) is 0.572. The van der Waals surface area contributed by atoms with E-state index >= 15 is 0 Å². The Labute approximate surface area is 72.3 Å². The number of terminal acetylenes is 1. The molecule has 0 rings (SSSR count). The molecule has 0 aliphatic carbocycles. The molecule has 1 amide bonds. The molecule has 0 saturated heterocycles. The van der Waals surface area contributed by atoms with Gasteiger partial charge in [-0.1, -0.05) is 5.92 Å². The number of hydrogen-bond acceptors (Lipinski definition) is 3. The van der Waals surface area contributed by atoms with Crippen molar-refractivity contribution in [3.63, 3.8) is 0 Å². The van der Waals surface area contributed by atoms with Crippen molar-refractivity contribution in [2.24, 2.45) is 0 Å². The van der Waals surface area contributed by atoms with E-state index in [1.54, 1.807) is 6.92 Å². The van der Waals surface area contributed by atoms with E-state index in [0.29, 0.717) is 6.54 Å². The van der Waals surface area contributed by atoms with Crippen LogP contribution in [0.1, 0.15) is 6.92 Å².